The van der Waals surface area contributed by atoms with E-state index in [4.69, 9.17) is 16.3 Å². The number of para-hydroxylation sites is 1. The number of ether oxygens (including phenoxy) is 1. The van der Waals surface area contributed by atoms with Crippen LogP contribution in [0, 0.1) is 5.82 Å². The van der Waals surface area contributed by atoms with Crippen LogP contribution in [0.25, 0.3) is 11.0 Å². The molecule has 0 fully saturated rings. The summed E-state index contributed by atoms with van der Waals surface area (Å²) >= 11 is 5.98. The highest BCUT2D eigenvalue weighted by Crippen LogP contribution is 2.24. The van der Waals surface area contributed by atoms with E-state index in [2.05, 4.69) is 9.97 Å². The van der Waals surface area contributed by atoms with E-state index >= 15 is 0 Å². The number of imidazole rings is 1. The quantitative estimate of drug-likeness (QED) is 0.787. The SMILES string of the molecule is Fc1ccc2nc(COc3ccccc3Cl)[nH]c2c1. The lowest BCUT2D eigenvalue weighted by atomic mass is 10.3. The Hall–Kier alpha value is -2.07. The predicted molar refractivity (Wildman–Crippen MR) is 71.8 cm³/mol. The first-order valence-corrected chi connectivity index (χ1v) is 6.11. The molecule has 0 aliphatic rings. The maximum Gasteiger partial charge on any atom is 0.146 e. The van der Waals surface area contributed by atoms with Gasteiger partial charge in [0.2, 0.25) is 0 Å². The summed E-state index contributed by atoms with van der Waals surface area (Å²) in [5.41, 5.74) is 1.36. The van der Waals surface area contributed by atoms with Gasteiger partial charge < -0.3 is 9.72 Å². The highest BCUT2D eigenvalue weighted by Gasteiger charge is 2.06. The molecule has 0 saturated carbocycles. The van der Waals surface area contributed by atoms with Crippen LogP contribution in [0.15, 0.2) is 42.5 Å². The van der Waals surface area contributed by atoms with E-state index in [1.54, 1.807) is 18.2 Å². The molecule has 0 saturated heterocycles. The highest BCUT2D eigenvalue weighted by molar-refractivity contribution is 6.32. The van der Waals surface area contributed by atoms with Crippen LogP contribution in [0.5, 0.6) is 5.75 Å². The minimum absolute atomic E-state index is 0.250. The average molecular weight is 277 g/mol. The molecule has 2 aromatic carbocycles. The second kappa shape index (κ2) is 4.90. The molecule has 5 heteroatoms. The fourth-order valence-corrected chi connectivity index (χ4v) is 2.00. The largest absolute Gasteiger partial charge is 0.484 e. The van der Waals surface area contributed by atoms with E-state index in [0.29, 0.717) is 27.6 Å². The third-order valence-electron chi connectivity index (χ3n) is 2.69. The second-order valence-corrected chi connectivity index (χ2v) is 4.47. The summed E-state index contributed by atoms with van der Waals surface area (Å²) in [5, 5.41) is 0.546. The van der Waals surface area contributed by atoms with Crippen molar-refractivity contribution in [2.45, 2.75) is 6.61 Å². The topological polar surface area (TPSA) is 37.9 Å². The third-order valence-corrected chi connectivity index (χ3v) is 3.01. The van der Waals surface area contributed by atoms with Gasteiger partial charge in [0.15, 0.2) is 0 Å². The number of halogens is 2. The van der Waals surface area contributed by atoms with Gasteiger partial charge >= 0.3 is 0 Å². The second-order valence-electron chi connectivity index (χ2n) is 4.06. The molecule has 0 bridgehead atoms. The Kier molecular flexibility index (Phi) is 3.09. The van der Waals surface area contributed by atoms with Gasteiger partial charge in [0.1, 0.15) is 24.0 Å². The summed E-state index contributed by atoms with van der Waals surface area (Å²) in [4.78, 5) is 7.32. The van der Waals surface area contributed by atoms with Crippen molar-refractivity contribution in [3.05, 3.63) is 59.1 Å². The Balaban J connectivity index is 1.80. The van der Waals surface area contributed by atoms with Gasteiger partial charge in [0.25, 0.3) is 0 Å². The lowest BCUT2D eigenvalue weighted by Gasteiger charge is -2.05. The normalized spacial score (nSPS) is 10.8. The first kappa shape index (κ1) is 12.0. The van der Waals surface area contributed by atoms with Crippen LogP contribution in [0.1, 0.15) is 5.82 Å². The van der Waals surface area contributed by atoms with Gasteiger partial charge in [0.05, 0.1) is 16.1 Å². The van der Waals surface area contributed by atoms with Gasteiger partial charge in [0, 0.05) is 0 Å². The number of rotatable bonds is 3. The van der Waals surface area contributed by atoms with Crippen LogP contribution in [0.3, 0.4) is 0 Å². The Morgan fingerprint density at radius 3 is 2.89 bits per heavy atom. The predicted octanol–water partition coefficient (Wildman–Crippen LogP) is 3.93. The molecule has 0 aliphatic carbocycles. The standard InChI is InChI=1S/C14H10ClFN2O/c15-10-3-1-2-4-13(10)19-8-14-17-11-6-5-9(16)7-12(11)18-14/h1-7H,8H2,(H,17,18). The molecule has 0 atom stereocenters. The van der Waals surface area contributed by atoms with Gasteiger partial charge in [-0.15, -0.1) is 0 Å². The monoisotopic (exact) mass is 276 g/mol. The number of nitrogens with one attached hydrogen (secondary N) is 1. The van der Waals surface area contributed by atoms with E-state index in [0.717, 1.165) is 0 Å². The molecule has 0 amide bonds. The molecule has 96 valence electrons. The van der Waals surface area contributed by atoms with Crippen molar-refractivity contribution in [2.24, 2.45) is 0 Å². The molecule has 0 radical (unpaired) electrons. The Bertz CT molecular complexity index is 726. The minimum Gasteiger partial charge on any atom is -0.484 e. The van der Waals surface area contributed by atoms with Crippen molar-refractivity contribution in [1.82, 2.24) is 9.97 Å². The van der Waals surface area contributed by atoms with E-state index < -0.39 is 0 Å². The third kappa shape index (κ3) is 2.53. The van der Waals surface area contributed by atoms with Gasteiger partial charge in [-0.25, -0.2) is 9.37 Å². The van der Waals surface area contributed by atoms with Crippen molar-refractivity contribution >= 4 is 22.6 Å². The first-order chi connectivity index (χ1) is 9.22. The molecule has 1 aromatic heterocycles. The molecular formula is C14H10ClFN2O. The zero-order valence-electron chi connectivity index (χ0n) is 9.86. The van der Waals surface area contributed by atoms with Gasteiger partial charge in [-0.05, 0) is 30.3 Å². The Labute approximate surface area is 114 Å². The summed E-state index contributed by atoms with van der Waals surface area (Å²) in [6.45, 7) is 0.250. The van der Waals surface area contributed by atoms with Gasteiger partial charge in [-0.3, -0.25) is 0 Å². The fraction of sp³-hybridized carbons (Fsp3) is 0.0714. The van der Waals surface area contributed by atoms with E-state index in [9.17, 15) is 4.39 Å². The number of aromatic amines is 1. The summed E-state index contributed by atoms with van der Waals surface area (Å²) in [6.07, 6.45) is 0. The van der Waals surface area contributed by atoms with Crippen molar-refractivity contribution < 1.29 is 9.13 Å². The van der Waals surface area contributed by atoms with Crippen LogP contribution >= 0.6 is 11.6 Å². The molecule has 1 heterocycles. The van der Waals surface area contributed by atoms with Crippen LogP contribution in [-0.4, -0.2) is 9.97 Å². The Morgan fingerprint density at radius 2 is 2.05 bits per heavy atom. The van der Waals surface area contributed by atoms with Crippen LogP contribution in [0.4, 0.5) is 4.39 Å². The van der Waals surface area contributed by atoms with E-state index in [1.165, 1.54) is 12.1 Å². The molecule has 3 rings (SSSR count). The molecule has 3 aromatic rings. The van der Waals surface area contributed by atoms with Gasteiger partial charge in [-0.2, -0.15) is 0 Å². The minimum atomic E-state index is -0.297. The van der Waals surface area contributed by atoms with Gasteiger partial charge in [-0.1, -0.05) is 23.7 Å². The molecule has 3 nitrogen and oxygen atoms in total. The lowest BCUT2D eigenvalue weighted by Crippen LogP contribution is -1.97. The van der Waals surface area contributed by atoms with E-state index in [1.807, 2.05) is 12.1 Å². The maximum atomic E-state index is 13.1. The molecule has 1 N–H and O–H groups in total. The number of aromatic nitrogens is 2. The number of fused-ring (bicyclic) bond motifs is 1. The zero-order chi connectivity index (χ0) is 13.2. The molecular weight excluding hydrogens is 267 g/mol. The number of benzene rings is 2. The maximum absolute atomic E-state index is 13.1. The smallest absolute Gasteiger partial charge is 0.146 e. The number of hydrogen-bond donors (Lipinski definition) is 1. The summed E-state index contributed by atoms with van der Waals surface area (Å²) in [6, 6.07) is 11.6. The zero-order valence-corrected chi connectivity index (χ0v) is 10.6. The summed E-state index contributed by atoms with van der Waals surface area (Å²) in [7, 11) is 0. The Morgan fingerprint density at radius 1 is 1.21 bits per heavy atom. The lowest BCUT2D eigenvalue weighted by molar-refractivity contribution is 0.298. The molecule has 19 heavy (non-hydrogen) atoms. The number of nitrogens with zero attached hydrogens (tertiary/aromatic N) is 1. The number of H-pyrrole nitrogens is 1. The molecule has 0 aliphatic heterocycles. The van der Waals surface area contributed by atoms with Crippen LogP contribution < -0.4 is 4.74 Å². The molecule has 0 unspecified atom stereocenters. The first-order valence-electron chi connectivity index (χ1n) is 5.74. The summed E-state index contributed by atoms with van der Waals surface area (Å²) < 4.78 is 18.6. The number of hydrogen-bond acceptors (Lipinski definition) is 2. The van der Waals surface area contributed by atoms with Crippen LogP contribution in [0.2, 0.25) is 5.02 Å². The molecule has 0 spiro atoms. The van der Waals surface area contributed by atoms with Crippen molar-refractivity contribution in [3.63, 3.8) is 0 Å². The van der Waals surface area contributed by atoms with Crippen molar-refractivity contribution in [2.75, 3.05) is 0 Å². The summed E-state index contributed by atoms with van der Waals surface area (Å²) in [5.74, 6) is 0.922. The van der Waals surface area contributed by atoms with Crippen molar-refractivity contribution in [3.8, 4) is 5.75 Å². The van der Waals surface area contributed by atoms with Crippen molar-refractivity contribution in [1.29, 1.82) is 0 Å². The average Bonchev–Trinajstić information content (AvgIpc) is 2.79. The highest BCUT2D eigenvalue weighted by atomic mass is 35.5. The van der Waals surface area contributed by atoms with E-state index in [-0.39, 0.29) is 12.4 Å². The van der Waals surface area contributed by atoms with Crippen LogP contribution in [-0.2, 0) is 6.61 Å². The fourth-order valence-electron chi connectivity index (χ4n) is 1.81.